The number of sulfonamides is 1. The minimum absolute atomic E-state index is 0.0505. The van der Waals surface area contributed by atoms with E-state index in [0.29, 0.717) is 17.5 Å². The van der Waals surface area contributed by atoms with Crippen molar-refractivity contribution in [2.24, 2.45) is 7.05 Å². The van der Waals surface area contributed by atoms with Crippen molar-refractivity contribution in [3.8, 4) is 11.5 Å². The van der Waals surface area contributed by atoms with Gasteiger partial charge in [0, 0.05) is 31.4 Å². The molecule has 0 aliphatic carbocycles. The first kappa shape index (κ1) is 18.1. The zero-order valence-electron chi connectivity index (χ0n) is 14.5. The Kier molecular flexibility index (Phi) is 4.31. The quantitative estimate of drug-likeness (QED) is 0.749. The number of nitrogens with one attached hydrogen (secondary N) is 1. The average Bonchev–Trinajstić information content (AvgIpc) is 3.03. The number of anilines is 1. The third-order valence-corrected chi connectivity index (χ3v) is 5.59. The first-order chi connectivity index (χ1) is 12.1. The Morgan fingerprint density at radius 2 is 1.65 bits per heavy atom. The van der Waals surface area contributed by atoms with Crippen LogP contribution in [0.15, 0.2) is 27.5 Å². The molecule has 2 aromatic heterocycles. The third kappa shape index (κ3) is 3.07. The molecule has 0 aliphatic rings. The molecule has 10 heteroatoms. The van der Waals surface area contributed by atoms with Crippen LogP contribution in [-0.2, 0) is 17.1 Å². The molecule has 0 radical (unpaired) electrons. The maximum Gasteiger partial charge on any atom is 0.264 e. The molecule has 1 aromatic carbocycles. The highest BCUT2D eigenvalue weighted by Gasteiger charge is 2.30. The fourth-order valence-electron chi connectivity index (χ4n) is 2.71. The van der Waals surface area contributed by atoms with Crippen LogP contribution in [0.25, 0.3) is 11.5 Å². The van der Waals surface area contributed by atoms with Crippen molar-refractivity contribution in [1.82, 2.24) is 14.8 Å². The van der Waals surface area contributed by atoms with Crippen LogP contribution in [0, 0.1) is 32.4 Å². The van der Waals surface area contributed by atoms with Crippen LogP contribution in [0.5, 0.6) is 0 Å². The summed E-state index contributed by atoms with van der Waals surface area (Å²) in [4.78, 5) is -0.0918. The summed E-state index contributed by atoms with van der Waals surface area (Å²) in [7, 11) is -2.49. The van der Waals surface area contributed by atoms with E-state index in [2.05, 4.69) is 14.9 Å². The molecule has 2 heterocycles. The lowest BCUT2D eigenvalue weighted by atomic mass is 10.2. The summed E-state index contributed by atoms with van der Waals surface area (Å²) in [6.45, 7) is 4.91. The zero-order valence-corrected chi connectivity index (χ0v) is 15.3. The minimum atomic E-state index is -4.18. The molecule has 1 N–H and O–H groups in total. The van der Waals surface area contributed by atoms with Crippen LogP contribution in [0.3, 0.4) is 0 Å². The third-order valence-electron chi connectivity index (χ3n) is 4.05. The fraction of sp³-hybridized carbons (Fsp3) is 0.250. The van der Waals surface area contributed by atoms with Crippen molar-refractivity contribution in [2.45, 2.75) is 25.7 Å². The minimum Gasteiger partial charge on any atom is -0.421 e. The second-order valence-electron chi connectivity index (χ2n) is 5.82. The van der Waals surface area contributed by atoms with Crippen molar-refractivity contribution in [3.63, 3.8) is 0 Å². The van der Waals surface area contributed by atoms with E-state index in [-0.39, 0.29) is 27.9 Å². The normalized spacial score (nSPS) is 11.8. The predicted molar refractivity (Wildman–Crippen MR) is 90.1 cm³/mol. The average molecular weight is 382 g/mol. The molecular formula is C16H16F2N4O3S. The molecule has 0 fully saturated rings. The van der Waals surface area contributed by atoms with Gasteiger partial charge in [0.15, 0.2) is 0 Å². The topological polar surface area (TPSA) is 90.0 Å². The van der Waals surface area contributed by atoms with E-state index in [4.69, 9.17) is 4.42 Å². The van der Waals surface area contributed by atoms with Crippen molar-refractivity contribution in [2.75, 3.05) is 4.72 Å². The van der Waals surface area contributed by atoms with Crippen LogP contribution in [-0.4, -0.2) is 23.2 Å². The van der Waals surface area contributed by atoms with Crippen LogP contribution < -0.4 is 4.72 Å². The van der Waals surface area contributed by atoms with Gasteiger partial charge in [0.05, 0.1) is 11.3 Å². The van der Waals surface area contributed by atoms with E-state index in [1.165, 1.54) is 0 Å². The van der Waals surface area contributed by atoms with Crippen LogP contribution in [0.2, 0.25) is 0 Å². The molecule has 138 valence electrons. The molecule has 0 unspecified atom stereocenters. The van der Waals surface area contributed by atoms with E-state index in [1.807, 2.05) is 0 Å². The molecule has 7 nitrogen and oxygen atoms in total. The van der Waals surface area contributed by atoms with Crippen LogP contribution in [0.1, 0.15) is 17.3 Å². The van der Waals surface area contributed by atoms with E-state index < -0.39 is 21.7 Å². The van der Waals surface area contributed by atoms with Crippen LogP contribution in [0.4, 0.5) is 14.5 Å². The van der Waals surface area contributed by atoms with Gasteiger partial charge in [-0.2, -0.15) is 0 Å². The summed E-state index contributed by atoms with van der Waals surface area (Å²) in [5.74, 6) is -1.45. The van der Waals surface area contributed by atoms with Gasteiger partial charge in [0.25, 0.3) is 15.9 Å². The van der Waals surface area contributed by atoms with E-state index in [0.717, 1.165) is 12.1 Å². The Morgan fingerprint density at radius 3 is 2.19 bits per heavy atom. The first-order valence-electron chi connectivity index (χ1n) is 7.55. The largest absolute Gasteiger partial charge is 0.421 e. The molecule has 26 heavy (non-hydrogen) atoms. The standard InChI is InChI=1S/C16H16F2N4O3S/c1-8-14(16-20-19-10(3)25-16)15(9(2)22(8)4)26(23,24)21-13-6-11(17)5-12(18)7-13/h5-7,21H,1-4H3. The van der Waals surface area contributed by atoms with E-state index in [9.17, 15) is 17.2 Å². The van der Waals surface area contributed by atoms with Crippen molar-refractivity contribution < 1.29 is 21.6 Å². The number of nitrogens with zero attached hydrogens (tertiary/aromatic N) is 3. The molecule has 0 atom stereocenters. The summed E-state index contributed by atoms with van der Waals surface area (Å²) in [5, 5.41) is 7.63. The summed E-state index contributed by atoms with van der Waals surface area (Å²) in [6, 6.07) is 2.44. The lowest BCUT2D eigenvalue weighted by Gasteiger charge is -2.10. The molecule has 0 amide bonds. The predicted octanol–water partition coefficient (Wildman–Crippen LogP) is 3.08. The Balaban J connectivity index is 2.17. The number of rotatable bonds is 4. The molecule has 0 spiro atoms. The Bertz CT molecular complexity index is 1080. The number of aryl methyl sites for hydroxylation is 1. The highest BCUT2D eigenvalue weighted by molar-refractivity contribution is 7.93. The summed E-state index contributed by atoms with van der Waals surface area (Å²) in [5.41, 5.74) is 1.03. The highest BCUT2D eigenvalue weighted by atomic mass is 32.2. The van der Waals surface area contributed by atoms with Gasteiger partial charge in [-0.25, -0.2) is 17.2 Å². The smallest absolute Gasteiger partial charge is 0.264 e. The zero-order chi connectivity index (χ0) is 19.2. The molecule has 3 rings (SSSR count). The molecule has 0 saturated carbocycles. The lowest BCUT2D eigenvalue weighted by Crippen LogP contribution is -2.15. The molecule has 0 bridgehead atoms. The second kappa shape index (κ2) is 6.20. The van der Waals surface area contributed by atoms with Gasteiger partial charge in [-0.3, -0.25) is 4.72 Å². The second-order valence-corrected chi connectivity index (χ2v) is 7.44. The Hall–Kier alpha value is -2.75. The van der Waals surface area contributed by atoms with Gasteiger partial charge in [0.2, 0.25) is 5.89 Å². The number of hydrogen-bond donors (Lipinski definition) is 1. The summed E-state index contributed by atoms with van der Waals surface area (Å²) < 4.78 is 61.9. The molecule has 3 aromatic rings. The Labute approximate surface area is 148 Å². The van der Waals surface area contributed by atoms with Crippen molar-refractivity contribution in [1.29, 1.82) is 0 Å². The molecular weight excluding hydrogens is 366 g/mol. The van der Waals surface area contributed by atoms with Gasteiger partial charge in [0.1, 0.15) is 16.5 Å². The van der Waals surface area contributed by atoms with E-state index in [1.54, 1.807) is 32.4 Å². The number of halogens is 2. The number of aromatic nitrogens is 3. The SMILES string of the molecule is Cc1nnc(-c2c(S(=O)(=O)Nc3cc(F)cc(F)c3)c(C)n(C)c2C)o1. The highest BCUT2D eigenvalue weighted by Crippen LogP contribution is 2.35. The van der Waals surface area contributed by atoms with Gasteiger partial charge < -0.3 is 8.98 Å². The summed E-state index contributed by atoms with van der Waals surface area (Å²) in [6.07, 6.45) is 0. The van der Waals surface area contributed by atoms with E-state index >= 15 is 0 Å². The van der Waals surface area contributed by atoms with Gasteiger partial charge in [-0.1, -0.05) is 0 Å². The van der Waals surface area contributed by atoms with Crippen molar-refractivity contribution in [3.05, 3.63) is 47.1 Å². The van der Waals surface area contributed by atoms with Gasteiger partial charge in [-0.15, -0.1) is 10.2 Å². The van der Waals surface area contributed by atoms with Crippen LogP contribution >= 0.6 is 0 Å². The van der Waals surface area contributed by atoms with Gasteiger partial charge >= 0.3 is 0 Å². The monoisotopic (exact) mass is 382 g/mol. The summed E-state index contributed by atoms with van der Waals surface area (Å²) >= 11 is 0. The molecule has 0 aliphatic heterocycles. The fourth-order valence-corrected chi connectivity index (χ4v) is 4.27. The first-order valence-corrected chi connectivity index (χ1v) is 9.03. The maximum absolute atomic E-state index is 13.4. The molecule has 0 saturated heterocycles. The Morgan fingerprint density at radius 1 is 1.04 bits per heavy atom. The lowest BCUT2D eigenvalue weighted by molar-refractivity contribution is 0.530. The maximum atomic E-state index is 13.4. The number of hydrogen-bond acceptors (Lipinski definition) is 5. The number of benzene rings is 1. The van der Waals surface area contributed by atoms with Gasteiger partial charge in [-0.05, 0) is 26.0 Å². The van der Waals surface area contributed by atoms with Crippen molar-refractivity contribution >= 4 is 15.7 Å².